The van der Waals surface area contributed by atoms with Gasteiger partial charge in [-0.1, -0.05) is 14.9 Å². The Hall–Kier alpha value is -4.42. The van der Waals surface area contributed by atoms with E-state index in [4.69, 9.17) is 23.7 Å². The van der Waals surface area contributed by atoms with Crippen molar-refractivity contribution in [3.05, 3.63) is 11.6 Å². The van der Waals surface area contributed by atoms with Gasteiger partial charge in [-0.2, -0.15) is 0 Å². The van der Waals surface area contributed by atoms with Crippen LogP contribution in [0.15, 0.2) is 11.6 Å². The van der Waals surface area contributed by atoms with Gasteiger partial charge in [-0.05, 0) is 109 Å². The van der Waals surface area contributed by atoms with Crippen molar-refractivity contribution >= 4 is 65.0 Å². The minimum absolute atomic E-state index is 0. The SMILES string of the molecule is C.C.CC(=O)C=C1CN(C(=O)OC(C)(C)C)C1.CC(C)(C)OC(=O)N1CC(=O)C1.CC(C)(C)OC(=O)N1CC2(CC(=O)CC(=O)C2)C1.CCOC(=O)C1C(=O)CC(=O)CC12CN(C(=O)OC(C)(C)C)C2.[V].[W]. The largest absolute Gasteiger partial charge is 0.465 e. The normalized spacial score (nSPS) is 19.4. The monoisotopic (exact) mass is 1230 g/mol. The number of rotatable bonds is 3. The van der Waals surface area contributed by atoms with Crippen LogP contribution in [-0.2, 0) is 96.9 Å². The van der Waals surface area contributed by atoms with E-state index in [1.807, 2.05) is 41.5 Å². The molecule has 4 aliphatic heterocycles. The maximum atomic E-state index is 12.2. The molecule has 0 aromatic rings. The molecular formula is C50H80N4O16VW. The summed E-state index contributed by atoms with van der Waals surface area (Å²) < 4.78 is 25.7. The fraction of sp³-hybridized carbons (Fsp3) is 0.740. The molecule has 407 valence electrons. The number of amides is 4. The van der Waals surface area contributed by atoms with Gasteiger partial charge in [-0.3, -0.25) is 38.5 Å². The summed E-state index contributed by atoms with van der Waals surface area (Å²) in [6, 6.07) is 0. The van der Waals surface area contributed by atoms with Gasteiger partial charge in [0.1, 0.15) is 45.7 Å². The second-order valence-electron chi connectivity index (χ2n) is 22.3. The van der Waals surface area contributed by atoms with Gasteiger partial charge in [-0.25, -0.2) is 19.2 Å². The Balaban J connectivity index is 0. The van der Waals surface area contributed by atoms with Crippen molar-refractivity contribution in [1.82, 2.24) is 19.6 Å². The van der Waals surface area contributed by atoms with Crippen LogP contribution in [0.3, 0.4) is 0 Å². The minimum Gasteiger partial charge on any atom is -0.465 e. The number of allylic oxidation sites excluding steroid dienone is 1. The molecule has 4 amide bonds. The molecule has 0 aromatic heterocycles. The molecule has 1 unspecified atom stereocenters. The van der Waals surface area contributed by atoms with Gasteiger partial charge in [0.15, 0.2) is 17.3 Å². The van der Waals surface area contributed by atoms with Gasteiger partial charge >= 0.3 is 30.3 Å². The Labute approximate surface area is 452 Å². The fourth-order valence-electron chi connectivity index (χ4n) is 8.07. The van der Waals surface area contributed by atoms with Crippen LogP contribution in [0.4, 0.5) is 19.2 Å². The van der Waals surface area contributed by atoms with E-state index >= 15 is 0 Å². The van der Waals surface area contributed by atoms with E-state index in [-0.39, 0.29) is 153 Å². The maximum absolute atomic E-state index is 12.2. The third-order valence-electron chi connectivity index (χ3n) is 10.5. The van der Waals surface area contributed by atoms with Crippen molar-refractivity contribution < 1.29 is 116 Å². The van der Waals surface area contributed by atoms with Gasteiger partial charge in [0.05, 0.1) is 32.5 Å². The van der Waals surface area contributed by atoms with Gasteiger partial charge in [-0.15, -0.1) is 0 Å². The molecule has 1 atom stereocenters. The van der Waals surface area contributed by atoms with Crippen LogP contribution in [0.2, 0.25) is 0 Å². The summed E-state index contributed by atoms with van der Waals surface area (Å²) in [5, 5.41) is 0. The number of nitrogens with zero attached hydrogens (tertiary/aromatic N) is 4. The Morgan fingerprint density at radius 2 is 0.889 bits per heavy atom. The summed E-state index contributed by atoms with van der Waals surface area (Å²) in [6.45, 7) is 27.6. The van der Waals surface area contributed by atoms with Crippen LogP contribution in [0.25, 0.3) is 0 Å². The Morgan fingerprint density at radius 1 is 0.542 bits per heavy atom. The fourth-order valence-corrected chi connectivity index (χ4v) is 8.07. The van der Waals surface area contributed by atoms with Crippen molar-refractivity contribution in [2.45, 2.75) is 166 Å². The Kier molecular flexibility index (Phi) is 26.3. The van der Waals surface area contributed by atoms with E-state index in [0.717, 1.165) is 5.57 Å². The zero-order chi connectivity index (χ0) is 52.0. The molecule has 2 aliphatic carbocycles. The molecule has 20 nitrogen and oxygen atoms in total. The molecule has 2 spiro atoms. The van der Waals surface area contributed by atoms with E-state index in [2.05, 4.69) is 0 Å². The van der Waals surface area contributed by atoms with E-state index in [1.165, 1.54) is 16.7 Å². The quantitative estimate of drug-likeness (QED) is 0.123. The number of esters is 1. The smallest absolute Gasteiger partial charge is 0.411 e. The van der Waals surface area contributed by atoms with Crippen LogP contribution in [0.5, 0.6) is 0 Å². The number of hydrogen-bond acceptors (Lipinski definition) is 16. The number of Topliss-reactive ketones (excluding diaryl/α,β-unsaturated/α-hetero) is 5. The molecule has 4 heterocycles. The Morgan fingerprint density at radius 3 is 1.24 bits per heavy atom. The first-order valence-corrected chi connectivity index (χ1v) is 22.8. The summed E-state index contributed by atoms with van der Waals surface area (Å²) >= 11 is 0. The zero-order valence-electron chi connectivity index (χ0n) is 43.2. The average molecular weight is 1230 g/mol. The first-order chi connectivity index (χ1) is 30.9. The second kappa shape index (κ2) is 27.2. The molecule has 6 aliphatic rings. The van der Waals surface area contributed by atoms with Crippen LogP contribution in [0.1, 0.15) is 144 Å². The molecule has 0 bridgehead atoms. The molecule has 0 aromatic carbocycles. The van der Waals surface area contributed by atoms with Gasteiger partial charge in [0, 0.05) is 109 Å². The molecule has 2 saturated carbocycles. The number of likely N-dealkylation sites (tertiary alicyclic amines) is 4. The number of ether oxygens (including phenoxy) is 5. The average Bonchev–Trinajstić information content (AvgIpc) is 3.06. The molecule has 72 heavy (non-hydrogen) atoms. The van der Waals surface area contributed by atoms with Crippen molar-refractivity contribution in [2.75, 3.05) is 59.0 Å². The van der Waals surface area contributed by atoms with Crippen molar-refractivity contribution in [3.63, 3.8) is 0 Å². The van der Waals surface area contributed by atoms with Crippen LogP contribution in [-0.4, -0.2) is 166 Å². The van der Waals surface area contributed by atoms with E-state index in [1.54, 1.807) is 64.3 Å². The second-order valence-corrected chi connectivity index (χ2v) is 22.3. The molecule has 1 radical (unpaired) electrons. The topological polar surface area (TPSA) is 247 Å². The number of ketones is 6. The first kappa shape index (κ1) is 69.7. The third kappa shape index (κ3) is 22.0. The summed E-state index contributed by atoms with van der Waals surface area (Å²) in [5.41, 5.74) is -2.24. The molecule has 22 heteroatoms. The van der Waals surface area contributed by atoms with Crippen LogP contribution >= 0.6 is 0 Å². The predicted molar refractivity (Wildman–Crippen MR) is 257 cm³/mol. The van der Waals surface area contributed by atoms with Crippen molar-refractivity contribution in [3.8, 4) is 0 Å². The van der Waals surface area contributed by atoms with Crippen LogP contribution in [0, 0.1) is 16.7 Å². The van der Waals surface area contributed by atoms with Gasteiger partial charge in [0.2, 0.25) is 0 Å². The molecule has 0 N–H and O–H groups in total. The summed E-state index contributed by atoms with van der Waals surface area (Å²) in [5.74, 6) is -2.09. The number of carbonyl (C=O) groups is 11. The van der Waals surface area contributed by atoms with E-state index in [0.29, 0.717) is 39.0 Å². The van der Waals surface area contributed by atoms with Gasteiger partial charge in [0.25, 0.3) is 0 Å². The van der Waals surface area contributed by atoms with Crippen LogP contribution < -0.4 is 0 Å². The molecule has 4 saturated heterocycles. The summed E-state index contributed by atoms with van der Waals surface area (Å²) in [7, 11) is 0. The first-order valence-electron chi connectivity index (χ1n) is 22.8. The third-order valence-corrected chi connectivity index (χ3v) is 10.5. The number of hydrogen-bond donors (Lipinski definition) is 0. The molecule has 6 fully saturated rings. The standard InChI is InChI=1S/C16H23NO6.C13H19NO4.C11H17NO3.C8H13NO3.2CH4.V.W/c1-5-22-13(20)12-11(19)6-10(18)7-16(12)8-17(9-16)14(21)23-15(2,3)4;1-12(2,3)18-11(17)14-7-13(8-14)5-9(15)4-10(16)6-13;1-8(13)5-9-6-12(7-9)10(14)15-11(2,3)4;1-8(2,3)12-7(11)9-4-6(10)5-9;;;;/h12H,5-9H2,1-4H3;4-8H2,1-3H3;5H,6-7H2,1-4H3;4-5H2,1-3H3;2*1H4;;. The predicted octanol–water partition coefficient (Wildman–Crippen LogP) is 6.71. The van der Waals surface area contributed by atoms with Crippen molar-refractivity contribution in [1.29, 1.82) is 0 Å². The number of carbonyl (C=O) groups excluding carboxylic acids is 11. The van der Waals surface area contributed by atoms with E-state index in [9.17, 15) is 52.7 Å². The minimum atomic E-state index is -0.973. The summed E-state index contributed by atoms with van der Waals surface area (Å²) in [6.07, 6.45) is 0.754. The Bertz CT molecular complexity index is 2020. The van der Waals surface area contributed by atoms with Gasteiger partial charge < -0.3 is 38.4 Å². The van der Waals surface area contributed by atoms with Crippen molar-refractivity contribution in [2.24, 2.45) is 16.7 Å². The summed E-state index contributed by atoms with van der Waals surface area (Å²) in [4.78, 5) is 133. The zero-order valence-corrected chi connectivity index (χ0v) is 47.6. The van der Waals surface area contributed by atoms with E-state index < -0.39 is 57.7 Å². The maximum Gasteiger partial charge on any atom is 0.411 e. The molecule has 6 rings (SSSR count). The molecular weight excluding hydrogens is 1150 g/mol.